The van der Waals surface area contributed by atoms with Crippen molar-refractivity contribution in [3.8, 4) is 0 Å². The Bertz CT molecular complexity index is 384. The number of ketones is 1. The number of Topliss-reactive ketones (excluding diaryl/α,β-unsaturated/α-hetero) is 1. The van der Waals surface area contributed by atoms with Gasteiger partial charge in [0, 0.05) is 12.1 Å². The number of esters is 1. The highest BCUT2D eigenvalue weighted by molar-refractivity contribution is 5.97. The van der Waals surface area contributed by atoms with Crippen molar-refractivity contribution in [3.05, 3.63) is 35.9 Å². The van der Waals surface area contributed by atoms with Crippen LogP contribution in [0, 0.1) is 0 Å². The molecule has 5 nitrogen and oxygen atoms in total. The number of carbonyl (C=O) groups excluding carboxylic acids is 2. The van der Waals surface area contributed by atoms with E-state index in [4.69, 9.17) is 5.73 Å². The van der Waals surface area contributed by atoms with Gasteiger partial charge in [-0.2, -0.15) is 0 Å². The van der Waals surface area contributed by atoms with Crippen molar-refractivity contribution in [2.75, 3.05) is 20.2 Å². The first-order valence-corrected chi connectivity index (χ1v) is 5.27. The Morgan fingerprint density at radius 1 is 1.33 bits per heavy atom. The van der Waals surface area contributed by atoms with E-state index >= 15 is 0 Å². The van der Waals surface area contributed by atoms with Gasteiger partial charge < -0.3 is 15.8 Å². The fourth-order valence-electron chi connectivity index (χ4n) is 1.30. The first kappa shape index (κ1) is 16.6. The van der Waals surface area contributed by atoms with E-state index in [-0.39, 0.29) is 31.3 Å². The molecule has 0 amide bonds. The molecule has 0 saturated heterocycles. The monoisotopic (exact) mass is 272 g/mol. The molecule has 18 heavy (non-hydrogen) atoms. The normalized spacial score (nSPS) is 11.2. The summed E-state index contributed by atoms with van der Waals surface area (Å²) in [4.78, 5) is 22.6. The van der Waals surface area contributed by atoms with Gasteiger partial charge in [0.2, 0.25) is 0 Å². The molecule has 100 valence electrons. The maximum Gasteiger partial charge on any atom is 0.323 e. The third-order valence-electron chi connectivity index (χ3n) is 2.25. The van der Waals surface area contributed by atoms with Gasteiger partial charge in [-0.3, -0.25) is 9.59 Å². The molecule has 0 radical (unpaired) electrons. The van der Waals surface area contributed by atoms with Gasteiger partial charge >= 0.3 is 5.97 Å². The van der Waals surface area contributed by atoms with Crippen LogP contribution in [0.1, 0.15) is 10.4 Å². The molecule has 3 N–H and O–H groups in total. The predicted octanol–water partition coefficient (Wildman–Crippen LogP) is 0.381. The molecule has 0 saturated carbocycles. The first-order chi connectivity index (χ1) is 8.15. The Morgan fingerprint density at radius 2 is 1.94 bits per heavy atom. The molecule has 6 heteroatoms. The summed E-state index contributed by atoms with van der Waals surface area (Å²) in [5.41, 5.74) is 6.14. The maximum atomic E-state index is 11.6. The highest BCUT2D eigenvalue weighted by Crippen LogP contribution is 1.98. The number of methoxy groups -OCH3 is 1. The second-order valence-corrected chi connectivity index (χ2v) is 3.55. The SMILES string of the molecule is COC(=O)C(N)CNCC(=O)c1ccccc1.Cl. The summed E-state index contributed by atoms with van der Waals surface area (Å²) < 4.78 is 4.47. The molecule has 1 atom stereocenters. The van der Waals surface area contributed by atoms with Gasteiger partial charge in [-0.05, 0) is 0 Å². The van der Waals surface area contributed by atoms with Crippen LogP contribution in [-0.2, 0) is 9.53 Å². The van der Waals surface area contributed by atoms with E-state index in [2.05, 4.69) is 10.1 Å². The van der Waals surface area contributed by atoms with Crippen LogP contribution in [-0.4, -0.2) is 38.0 Å². The highest BCUT2D eigenvalue weighted by atomic mass is 35.5. The molecule has 0 bridgehead atoms. The molecule has 1 aromatic carbocycles. The van der Waals surface area contributed by atoms with Crippen molar-refractivity contribution < 1.29 is 14.3 Å². The molecule has 0 aromatic heterocycles. The fourth-order valence-corrected chi connectivity index (χ4v) is 1.30. The minimum Gasteiger partial charge on any atom is -0.468 e. The van der Waals surface area contributed by atoms with Crippen LogP contribution in [0.15, 0.2) is 30.3 Å². The van der Waals surface area contributed by atoms with Crippen molar-refractivity contribution in [1.29, 1.82) is 0 Å². The van der Waals surface area contributed by atoms with E-state index in [1.165, 1.54) is 7.11 Å². The van der Waals surface area contributed by atoms with Crippen LogP contribution in [0.25, 0.3) is 0 Å². The van der Waals surface area contributed by atoms with Gasteiger partial charge in [-0.15, -0.1) is 12.4 Å². The molecule has 1 rings (SSSR count). The number of hydrogen-bond acceptors (Lipinski definition) is 5. The lowest BCUT2D eigenvalue weighted by molar-refractivity contribution is -0.142. The lowest BCUT2D eigenvalue weighted by atomic mass is 10.1. The number of rotatable bonds is 6. The summed E-state index contributed by atoms with van der Waals surface area (Å²) in [6, 6.07) is 8.18. The minimum absolute atomic E-state index is 0. The van der Waals surface area contributed by atoms with E-state index in [0.717, 1.165) is 0 Å². The number of hydrogen-bond donors (Lipinski definition) is 2. The smallest absolute Gasteiger partial charge is 0.323 e. The molecule has 1 unspecified atom stereocenters. The van der Waals surface area contributed by atoms with Crippen molar-refractivity contribution in [2.45, 2.75) is 6.04 Å². The first-order valence-electron chi connectivity index (χ1n) is 5.27. The second-order valence-electron chi connectivity index (χ2n) is 3.55. The van der Waals surface area contributed by atoms with Gasteiger partial charge in [0.05, 0.1) is 13.7 Å². The van der Waals surface area contributed by atoms with Gasteiger partial charge in [0.1, 0.15) is 6.04 Å². The Balaban J connectivity index is 0.00000289. The molecular weight excluding hydrogens is 256 g/mol. The van der Waals surface area contributed by atoms with E-state index < -0.39 is 12.0 Å². The average molecular weight is 273 g/mol. The highest BCUT2D eigenvalue weighted by Gasteiger charge is 2.13. The summed E-state index contributed by atoms with van der Waals surface area (Å²) in [7, 11) is 1.28. The molecule has 1 aromatic rings. The van der Waals surface area contributed by atoms with Crippen molar-refractivity contribution in [3.63, 3.8) is 0 Å². The van der Waals surface area contributed by atoms with Gasteiger partial charge in [-0.1, -0.05) is 30.3 Å². The largest absolute Gasteiger partial charge is 0.468 e. The van der Waals surface area contributed by atoms with Crippen LogP contribution in [0.4, 0.5) is 0 Å². The van der Waals surface area contributed by atoms with E-state index in [9.17, 15) is 9.59 Å². The van der Waals surface area contributed by atoms with Gasteiger partial charge in [0.25, 0.3) is 0 Å². The fraction of sp³-hybridized carbons (Fsp3) is 0.333. The summed E-state index contributed by atoms with van der Waals surface area (Å²) in [6.07, 6.45) is 0. The Morgan fingerprint density at radius 3 is 2.50 bits per heavy atom. The van der Waals surface area contributed by atoms with Gasteiger partial charge in [0.15, 0.2) is 5.78 Å². The third kappa shape index (κ3) is 5.27. The summed E-state index contributed by atoms with van der Waals surface area (Å²) in [5.74, 6) is -0.535. The lowest BCUT2D eigenvalue weighted by Gasteiger charge is -2.09. The molecule has 0 aliphatic rings. The Hall–Kier alpha value is -1.43. The van der Waals surface area contributed by atoms with Crippen molar-refractivity contribution in [2.24, 2.45) is 5.73 Å². The van der Waals surface area contributed by atoms with E-state index in [1.54, 1.807) is 24.3 Å². The molecule has 0 aliphatic heterocycles. The number of ether oxygens (including phenoxy) is 1. The summed E-state index contributed by atoms with van der Waals surface area (Å²) in [5, 5.41) is 2.82. The zero-order valence-corrected chi connectivity index (χ0v) is 10.9. The van der Waals surface area contributed by atoms with Crippen molar-refractivity contribution in [1.82, 2.24) is 5.32 Å². The second kappa shape index (κ2) is 8.63. The molecule has 0 spiro atoms. The Labute approximate surface area is 112 Å². The molecular formula is C12H17ClN2O3. The minimum atomic E-state index is -0.747. The molecule has 0 fully saturated rings. The lowest BCUT2D eigenvalue weighted by Crippen LogP contribution is -2.42. The average Bonchev–Trinajstić information content (AvgIpc) is 2.38. The van der Waals surface area contributed by atoms with Crippen LogP contribution in [0.3, 0.4) is 0 Å². The molecule has 0 heterocycles. The van der Waals surface area contributed by atoms with E-state index in [1.807, 2.05) is 6.07 Å². The van der Waals surface area contributed by atoms with Gasteiger partial charge in [-0.25, -0.2) is 0 Å². The number of nitrogens with one attached hydrogen (secondary N) is 1. The summed E-state index contributed by atoms with van der Waals surface area (Å²) >= 11 is 0. The maximum absolute atomic E-state index is 11.6. The van der Waals surface area contributed by atoms with Crippen LogP contribution < -0.4 is 11.1 Å². The van der Waals surface area contributed by atoms with E-state index in [0.29, 0.717) is 5.56 Å². The topological polar surface area (TPSA) is 81.4 Å². The zero-order valence-electron chi connectivity index (χ0n) is 10.1. The van der Waals surface area contributed by atoms with Crippen LogP contribution in [0.2, 0.25) is 0 Å². The zero-order chi connectivity index (χ0) is 12.7. The number of halogens is 1. The Kier molecular flexibility index (Phi) is 7.94. The molecule has 0 aliphatic carbocycles. The number of benzene rings is 1. The quantitative estimate of drug-likeness (QED) is 0.578. The number of nitrogens with two attached hydrogens (primary N) is 1. The standard InChI is InChI=1S/C12H16N2O3.ClH/c1-17-12(16)10(13)7-14-8-11(15)9-5-3-2-4-6-9;/h2-6,10,14H,7-8,13H2,1H3;1H. The van der Waals surface area contributed by atoms with Crippen LogP contribution in [0.5, 0.6) is 0 Å². The number of carbonyl (C=O) groups is 2. The summed E-state index contributed by atoms with van der Waals surface area (Å²) in [6.45, 7) is 0.361. The predicted molar refractivity (Wildman–Crippen MR) is 70.9 cm³/mol. The van der Waals surface area contributed by atoms with Crippen molar-refractivity contribution >= 4 is 24.2 Å². The van der Waals surface area contributed by atoms with Crippen LogP contribution >= 0.6 is 12.4 Å². The third-order valence-corrected chi connectivity index (χ3v) is 2.25.